The Bertz CT molecular complexity index is 829. The Morgan fingerprint density at radius 3 is 2.28 bits per heavy atom. The zero-order chi connectivity index (χ0) is 16.9. The third kappa shape index (κ3) is 2.35. The second-order valence-corrected chi connectivity index (χ2v) is 7.75. The van der Waals surface area contributed by atoms with Gasteiger partial charge >= 0.3 is 0 Å². The van der Waals surface area contributed by atoms with Gasteiger partial charge in [-0.1, -0.05) is 48.5 Å². The minimum Gasteiger partial charge on any atom is -0.380 e. The molecular formula is C23H25NO. The first-order valence-electron chi connectivity index (χ1n) is 9.67. The van der Waals surface area contributed by atoms with Gasteiger partial charge in [-0.2, -0.15) is 0 Å². The van der Waals surface area contributed by atoms with Crippen molar-refractivity contribution in [3.8, 4) is 0 Å². The molecule has 1 unspecified atom stereocenters. The molecule has 5 rings (SSSR count). The maximum atomic E-state index is 12.0. The summed E-state index contributed by atoms with van der Waals surface area (Å²) in [7, 11) is 0. The van der Waals surface area contributed by atoms with Gasteiger partial charge in [-0.15, -0.1) is 0 Å². The molecule has 0 radical (unpaired) electrons. The first kappa shape index (κ1) is 15.2. The van der Waals surface area contributed by atoms with Gasteiger partial charge in [0.2, 0.25) is 0 Å². The Labute approximate surface area is 149 Å². The van der Waals surface area contributed by atoms with Crippen LogP contribution in [0.5, 0.6) is 0 Å². The molecule has 2 nitrogen and oxygen atoms in total. The molecule has 1 saturated heterocycles. The fourth-order valence-corrected chi connectivity index (χ4v) is 4.72. The molecule has 25 heavy (non-hydrogen) atoms. The number of hydrogen-bond donors (Lipinski definition) is 1. The minimum atomic E-state index is -0.860. The van der Waals surface area contributed by atoms with Gasteiger partial charge in [0.25, 0.3) is 0 Å². The molecule has 0 spiro atoms. The van der Waals surface area contributed by atoms with Crippen LogP contribution in [0.25, 0.3) is 11.8 Å². The zero-order valence-corrected chi connectivity index (χ0v) is 14.6. The van der Waals surface area contributed by atoms with Crippen molar-refractivity contribution in [3.05, 3.63) is 70.8 Å². The summed E-state index contributed by atoms with van der Waals surface area (Å²) in [6, 6.07) is 17.0. The molecule has 1 atom stereocenters. The molecule has 2 aliphatic carbocycles. The van der Waals surface area contributed by atoms with Crippen molar-refractivity contribution in [2.24, 2.45) is 5.92 Å². The largest absolute Gasteiger partial charge is 0.380 e. The molecule has 2 aromatic rings. The molecule has 3 aliphatic rings. The Balaban J connectivity index is 1.76. The molecule has 1 heterocycles. The van der Waals surface area contributed by atoms with Gasteiger partial charge in [0.1, 0.15) is 5.60 Å². The van der Waals surface area contributed by atoms with Crippen molar-refractivity contribution in [1.29, 1.82) is 0 Å². The summed E-state index contributed by atoms with van der Waals surface area (Å²) >= 11 is 0. The molecule has 1 N–H and O–H groups in total. The van der Waals surface area contributed by atoms with Crippen LogP contribution in [0.4, 0.5) is 0 Å². The average Bonchev–Trinajstić information content (AvgIpc) is 3.52. The van der Waals surface area contributed by atoms with Crippen LogP contribution < -0.4 is 0 Å². The smallest absolute Gasteiger partial charge is 0.119 e. The molecule has 0 aromatic heterocycles. The maximum Gasteiger partial charge on any atom is 0.119 e. The Kier molecular flexibility index (Phi) is 3.49. The summed E-state index contributed by atoms with van der Waals surface area (Å²) < 4.78 is 0. The highest BCUT2D eigenvalue weighted by Crippen LogP contribution is 2.53. The number of nitrogens with zero attached hydrogens (tertiary/aromatic N) is 1. The van der Waals surface area contributed by atoms with E-state index in [1.54, 1.807) is 0 Å². The van der Waals surface area contributed by atoms with Crippen LogP contribution in [-0.2, 0) is 5.60 Å². The zero-order valence-electron chi connectivity index (χ0n) is 14.6. The second kappa shape index (κ2) is 5.74. The summed E-state index contributed by atoms with van der Waals surface area (Å²) in [4.78, 5) is 2.53. The van der Waals surface area contributed by atoms with Crippen LogP contribution in [0, 0.1) is 5.92 Å². The fraction of sp³-hybridized carbons (Fsp3) is 0.391. The maximum absolute atomic E-state index is 12.0. The summed E-state index contributed by atoms with van der Waals surface area (Å²) in [5.41, 5.74) is 5.00. The molecule has 0 amide bonds. The molecule has 1 saturated carbocycles. The van der Waals surface area contributed by atoms with E-state index in [4.69, 9.17) is 0 Å². The molecule has 2 fully saturated rings. The van der Waals surface area contributed by atoms with Crippen LogP contribution in [0.1, 0.15) is 54.4 Å². The lowest BCUT2D eigenvalue weighted by atomic mass is 9.79. The van der Waals surface area contributed by atoms with E-state index in [1.165, 1.54) is 36.1 Å². The van der Waals surface area contributed by atoms with Gasteiger partial charge in [0.05, 0.1) is 0 Å². The second-order valence-electron chi connectivity index (χ2n) is 7.75. The quantitative estimate of drug-likeness (QED) is 0.867. The van der Waals surface area contributed by atoms with Crippen LogP contribution in [0.3, 0.4) is 0 Å². The van der Waals surface area contributed by atoms with E-state index < -0.39 is 5.60 Å². The highest BCUT2D eigenvalue weighted by molar-refractivity contribution is 5.86. The van der Waals surface area contributed by atoms with Crippen molar-refractivity contribution < 1.29 is 5.11 Å². The van der Waals surface area contributed by atoms with Gasteiger partial charge in [0, 0.05) is 24.4 Å². The van der Waals surface area contributed by atoms with E-state index in [9.17, 15) is 5.11 Å². The standard InChI is InChI=1S/C23H25NO/c25-23(18-12-13-18)20-10-4-2-8-17(20)16-22(24-14-6-1-7-15-24)19-9-3-5-11-21(19)23/h2-5,8-11,16,18,25H,1,6-7,12-15H2. The number of aliphatic hydroxyl groups is 1. The van der Waals surface area contributed by atoms with Crippen molar-refractivity contribution in [2.45, 2.75) is 37.7 Å². The molecule has 2 aromatic carbocycles. The van der Waals surface area contributed by atoms with Gasteiger partial charge < -0.3 is 10.0 Å². The fourth-order valence-electron chi connectivity index (χ4n) is 4.72. The van der Waals surface area contributed by atoms with Gasteiger partial charge in [0.15, 0.2) is 0 Å². The van der Waals surface area contributed by atoms with Crippen molar-refractivity contribution in [1.82, 2.24) is 4.90 Å². The molecule has 1 aliphatic heterocycles. The average molecular weight is 331 g/mol. The summed E-state index contributed by atoms with van der Waals surface area (Å²) in [5, 5.41) is 12.0. The van der Waals surface area contributed by atoms with E-state index in [2.05, 4.69) is 59.5 Å². The Morgan fingerprint density at radius 1 is 0.840 bits per heavy atom. The Morgan fingerprint density at radius 2 is 1.52 bits per heavy atom. The van der Waals surface area contributed by atoms with Crippen LogP contribution in [0.15, 0.2) is 48.5 Å². The van der Waals surface area contributed by atoms with Gasteiger partial charge in [-0.25, -0.2) is 0 Å². The minimum absolute atomic E-state index is 0.337. The number of fused-ring (bicyclic) bond motifs is 2. The number of benzene rings is 2. The topological polar surface area (TPSA) is 23.5 Å². The van der Waals surface area contributed by atoms with E-state index in [-0.39, 0.29) is 0 Å². The highest BCUT2D eigenvalue weighted by Gasteiger charge is 2.49. The molecular weight excluding hydrogens is 306 g/mol. The van der Waals surface area contributed by atoms with E-state index in [0.717, 1.165) is 37.1 Å². The van der Waals surface area contributed by atoms with Crippen molar-refractivity contribution in [3.63, 3.8) is 0 Å². The third-order valence-corrected chi connectivity index (χ3v) is 6.14. The molecule has 0 bridgehead atoms. The van der Waals surface area contributed by atoms with E-state index in [0.29, 0.717) is 5.92 Å². The summed E-state index contributed by atoms with van der Waals surface area (Å²) in [6.07, 6.45) is 8.38. The third-order valence-electron chi connectivity index (χ3n) is 6.14. The lowest BCUT2D eigenvalue weighted by Crippen LogP contribution is -2.32. The molecule has 128 valence electrons. The lowest BCUT2D eigenvalue weighted by Gasteiger charge is -2.34. The van der Waals surface area contributed by atoms with Gasteiger partial charge in [-0.05, 0) is 60.8 Å². The summed E-state index contributed by atoms with van der Waals surface area (Å²) in [6.45, 7) is 2.23. The first-order valence-corrected chi connectivity index (χ1v) is 9.67. The van der Waals surface area contributed by atoms with Crippen molar-refractivity contribution >= 4 is 11.8 Å². The normalized spacial score (nSPS) is 25.6. The Hall–Kier alpha value is -2.06. The predicted octanol–water partition coefficient (Wildman–Crippen LogP) is 4.63. The monoisotopic (exact) mass is 331 g/mol. The van der Waals surface area contributed by atoms with E-state index in [1.807, 2.05) is 0 Å². The van der Waals surface area contributed by atoms with E-state index >= 15 is 0 Å². The van der Waals surface area contributed by atoms with Crippen LogP contribution in [-0.4, -0.2) is 23.1 Å². The predicted molar refractivity (Wildman–Crippen MR) is 102 cm³/mol. The van der Waals surface area contributed by atoms with Crippen molar-refractivity contribution in [2.75, 3.05) is 13.1 Å². The lowest BCUT2D eigenvalue weighted by molar-refractivity contribution is 0.0561. The van der Waals surface area contributed by atoms with Crippen LogP contribution >= 0.6 is 0 Å². The highest BCUT2D eigenvalue weighted by atomic mass is 16.3. The molecule has 2 heteroatoms. The van der Waals surface area contributed by atoms with Crippen LogP contribution in [0.2, 0.25) is 0 Å². The number of piperidine rings is 1. The first-order chi connectivity index (χ1) is 12.3. The SMILES string of the molecule is OC1(C2CC2)c2ccccc2C=C(N2CCCCC2)c2ccccc21. The van der Waals surface area contributed by atoms with Gasteiger partial charge in [-0.3, -0.25) is 0 Å². The number of rotatable bonds is 2. The number of hydrogen-bond acceptors (Lipinski definition) is 2. The number of likely N-dealkylation sites (tertiary alicyclic amines) is 1. The summed E-state index contributed by atoms with van der Waals surface area (Å²) in [5.74, 6) is 0.337.